The second kappa shape index (κ2) is 4.82. The molecule has 0 saturated heterocycles. The molecule has 0 aliphatic heterocycles. The van der Waals surface area contributed by atoms with E-state index in [0.29, 0.717) is 5.82 Å². The minimum atomic E-state index is -0.997. The summed E-state index contributed by atoms with van der Waals surface area (Å²) in [4.78, 5) is 7.68. The van der Waals surface area contributed by atoms with Gasteiger partial charge in [0, 0.05) is 19.2 Å². The molecule has 1 heterocycles. The fourth-order valence-electron chi connectivity index (χ4n) is 1.28. The van der Waals surface area contributed by atoms with Crippen molar-refractivity contribution in [1.82, 2.24) is 9.97 Å². The highest BCUT2D eigenvalue weighted by molar-refractivity contribution is 5.43. The Bertz CT molecular complexity index is 577. The van der Waals surface area contributed by atoms with Gasteiger partial charge in [-0.25, -0.2) is 8.78 Å². The van der Waals surface area contributed by atoms with Crippen molar-refractivity contribution < 1.29 is 13.5 Å². The van der Waals surface area contributed by atoms with Crippen LogP contribution in [0.15, 0.2) is 24.3 Å². The van der Waals surface area contributed by atoms with Crippen LogP contribution in [-0.2, 0) is 0 Å². The SMILES string of the molecule is CNc1cc(Oc2ccc(F)c(F)c2)nc(N)n1. The molecule has 0 atom stereocenters. The summed E-state index contributed by atoms with van der Waals surface area (Å²) in [5.74, 6) is -1.21. The van der Waals surface area contributed by atoms with E-state index in [1.54, 1.807) is 7.05 Å². The lowest BCUT2D eigenvalue weighted by molar-refractivity contribution is 0.448. The lowest BCUT2D eigenvalue weighted by Gasteiger charge is -2.07. The summed E-state index contributed by atoms with van der Waals surface area (Å²) in [7, 11) is 1.66. The maximum Gasteiger partial charge on any atom is 0.226 e. The first-order valence-corrected chi connectivity index (χ1v) is 5.03. The van der Waals surface area contributed by atoms with Gasteiger partial charge in [0.2, 0.25) is 11.8 Å². The number of benzene rings is 1. The Labute approximate surface area is 102 Å². The molecule has 94 valence electrons. The Morgan fingerprint density at radius 3 is 2.61 bits per heavy atom. The van der Waals surface area contributed by atoms with Gasteiger partial charge in [-0.1, -0.05) is 0 Å². The highest BCUT2D eigenvalue weighted by atomic mass is 19.2. The van der Waals surface area contributed by atoms with E-state index in [2.05, 4.69) is 15.3 Å². The molecule has 3 N–H and O–H groups in total. The van der Waals surface area contributed by atoms with Crippen LogP contribution in [0, 0.1) is 11.6 Å². The number of nitrogens with two attached hydrogens (primary N) is 1. The van der Waals surface area contributed by atoms with E-state index in [1.807, 2.05) is 0 Å². The molecular formula is C11H10F2N4O. The summed E-state index contributed by atoms with van der Waals surface area (Å²) in [5, 5.41) is 2.77. The molecule has 7 heteroatoms. The quantitative estimate of drug-likeness (QED) is 0.875. The molecule has 0 saturated carbocycles. The number of rotatable bonds is 3. The van der Waals surface area contributed by atoms with E-state index >= 15 is 0 Å². The normalized spacial score (nSPS) is 10.2. The third-order valence-corrected chi connectivity index (χ3v) is 2.09. The highest BCUT2D eigenvalue weighted by Gasteiger charge is 2.07. The van der Waals surface area contributed by atoms with Crippen LogP contribution < -0.4 is 15.8 Å². The van der Waals surface area contributed by atoms with Crippen LogP contribution >= 0.6 is 0 Å². The maximum atomic E-state index is 13.0. The van der Waals surface area contributed by atoms with E-state index in [1.165, 1.54) is 12.1 Å². The van der Waals surface area contributed by atoms with Crippen LogP contribution in [0.3, 0.4) is 0 Å². The predicted molar refractivity (Wildman–Crippen MR) is 62.4 cm³/mol. The standard InChI is InChI=1S/C11H10F2N4O/c1-15-9-5-10(17-11(14)16-9)18-6-2-3-7(12)8(13)4-6/h2-5H,1H3,(H3,14,15,16,17). The first kappa shape index (κ1) is 12.0. The molecule has 18 heavy (non-hydrogen) atoms. The molecular weight excluding hydrogens is 242 g/mol. The number of hydrogen-bond donors (Lipinski definition) is 2. The van der Waals surface area contributed by atoms with Crippen LogP contribution in [0.1, 0.15) is 0 Å². The van der Waals surface area contributed by atoms with Gasteiger partial charge in [0.25, 0.3) is 0 Å². The lowest BCUT2D eigenvalue weighted by atomic mass is 10.3. The van der Waals surface area contributed by atoms with Crippen molar-refractivity contribution in [2.45, 2.75) is 0 Å². The Morgan fingerprint density at radius 1 is 1.17 bits per heavy atom. The lowest BCUT2D eigenvalue weighted by Crippen LogP contribution is -2.01. The van der Waals surface area contributed by atoms with Crippen LogP contribution in [0.2, 0.25) is 0 Å². The minimum absolute atomic E-state index is 0.0134. The van der Waals surface area contributed by atoms with E-state index in [0.717, 1.165) is 12.1 Å². The van der Waals surface area contributed by atoms with Gasteiger partial charge in [0.15, 0.2) is 11.6 Å². The summed E-state index contributed by atoms with van der Waals surface area (Å²) < 4.78 is 31.0. The van der Waals surface area contributed by atoms with Crippen molar-refractivity contribution in [2.75, 3.05) is 18.1 Å². The second-order valence-electron chi connectivity index (χ2n) is 3.38. The van der Waals surface area contributed by atoms with Crippen LogP contribution in [-0.4, -0.2) is 17.0 Å². The summed E-state index contributed by atoms with van der Waals surface area (Å²) in [6.07, 6.45) is 0. The van der Waals surface area contributed by atoms with E-state index in [4.69, 9.17) is 10.5 Å². The average molecular weight is 252 g/mol. The number of anilines is 2. The Kier molecular flexibility index (Phi) is 3.22. The Morgan fingerprint density at radius 2 is 1.94 bits per heavy atom. The average Bonchev–Trinajstić information content (AvgIpc) is 2.33. The third kappa shape index (κ3) is 2.62. The number of nitrogens with zero attached hydrogens (tertiary/aromatic N) is 2. The summed E-state index contributed by atoms with van der Waals surface area (Å²) in [6.45, 7) is 0. The van der Waals surface area contributed by atoms with Crippen LogP contribution in [0.5, 0.6) is 11.6 Å². The molecule has 0 amide bonds. The summed E-state index contributed by atoms with van der Waals surface area (Å²) in [5.41, 5.74) is 5.47. The molecule has 2 aromatic rings. The number of ether oxygens (including phenoxy) is 1. The van der Waals surface area contributed by atoms with Crippen molar-refractivity contribution in [2.24, 2.45) is 0 Å². The maximum absolute atomic E-state index is 13.0. The van der Waals surface area contributed by atoms with Crippen molar-refractivity contribution in [3.63, 3.8) is 0 Å². The number of halogens is 2. The molecule has 0 unspecified atom stereocenters. The zero-order valence-corrected chi connectivity index (χ0v) is 9.45. The van der Waals surface area contributed by atoms with Crippen molar-refractivity contribution in [1.29, 1.82) is 0 Å². The zero-order valence-electron chi connectivity index (χ0n) is 9.45. The molecule has 1 aromatic carbocycles. The van der Waals surface area contributed by atoms with Gasteiger partial charge in [0.05, 0.1) is 0 Å². The Balaban J connectivity index is 2.27. The van der Waals surface area contributed by atoms with Gasteiger partial charge in [0.1, 0.15) is 11.6 Å². The minimum Gasteiger partial charge on any atom is -0.439 e. The molecule has 0 aliphatic rings. The first-order chi connectivity index (χ1) is 8.58. The van der Waals surface area contributed by atoms with E-state index < -0.39 is 11.6 Å². The van der Waals surface area contributed by atoms with Gasteiger partial charge >= 0.3 is 0 Å². The van der Waals surface area contributed by atoms with Gasteiger partial charge < -0.3 is 15.8 Å². The van der Waals surface area contributed by atoms with Crippen molar-refractivity contribution >= 4 is 11.8 Å². The number of nitrogen functional groups attached to an aromatic ring is 1. The molecule has 0 aliphatic carbocycles. The van der Waals surface area contributed by atoms with Gasteiger partial charge in [-0.05, 0) is 12.1 Å². The number of hydrogen-bond acceptors (Lipinski definition) is 5. The molecule has 2 rings (SSSR count). The van der Waals surface area contributed by atoms with E-state index in [-0.39, 0.29) is 17.6 Å². The smallest absolute Gasteiger partial charge is 0.226 e. The van der Waals surface area contributed by atoms with Crippen molar-refractivity contribution in [3.8, 4) is 11.6 Å². The summed E-state index contributed by atoms with van der Waals surface area (Å²) in [6, 6.07) is 4.66. The molecule has 0 spiro atoms. The first-order valence-electron chi connectivity index (χ1n) is 5.03. The molecule has 0 bridgehead atoms. The van der Waals surface area contributed by atoms with E-state index in [9.17, 15) is 8.78 Å². The summed E-state index contributed by atoms with van der Waals surface area (Å²) >= 11 is 0. The second-order valence-corrected chi connectivity index (χ2v) is 3.38. The zero-order chi connectivity index (χ0) is 13.1. The molecule has 0 radical (unpaired) electrons. The Hall–Kier alpha value is -2.44. The van der Waals surface area contributed by atoms with Crippen LogP contribution in [0.25, 0.3) is 0 Å². The van der Waals surface area contributed by atoms with Crippen LogP contribution in [0.4, 0.5) is 20.5 Å². The van der Waals surface area contributed by atoms with Crippen molar-refractivity contribution in [3.05, 3.63) is 35.9 Å². The van der Waals surface area contributed by atoms with Gasteiger partial charge in [-0.2, -0.15) is 9.97 Å². The number of aromatic nitrogens is 2. The molecule has 1 aromatic heterocycles. The van der Waals surface area contributed by atoms with Gasteiger partial charge in [-0.3, -0.25) is 0 Å². The largest absolute Gasteiger partial charge is 0.439 e. The van der Waals surface area contributed by atoms with Gasteiger partial charge in [-0.15, -0.1) is 0 Å². The topological polar surface area (TPSA) is 73.1 Å². The number of nitrogens with one attached hydrogen (secondary N) is 1. The third-order valence-electron chi connectivity index (χ3n) is 2.09. The monoisotopic (exact) mass is 252 g/mol. The fourth-order valence-corrected chi connectivity index (χ4v) is 1.28. The highest BCUT2D eigenvalue weighted by Crippen LogP contribution is 2.23. The fraction of sp³-hybridized carbons (Fsp3) is 0.0909. The predicted octanol–water partition coefficient (Wildman–Crippen LogP) is 2.17. The molecule has 5 nitrogen and oxygen atoms in total. The molecule has 0 fully saturated rings.